The van der Waals surface area contributed by atoms with Gasteiger partial charge in [0.15, 0.2) is 0 Å². The monoisotopic (exact) mass is 428 g/mol. The molecule has 1 aromatic rings. The summed E-state index contributed by atoms with van der Waals surface area (Å²) < 4.78 is 5.48. The number of hydrogen-bond acceptors (Lipinski definition) is 3. The first kappa shape index (κ1) is 27.2. The maximum absolute atomic E-state index is 11.4. The fourth-order valence-electron chi connectivity index (χ4n) is 3.76. The first-order chi connectivity index (χ1) is 15.2. The Morgan fingerprint density at radius 3 is 2.32 bits per heavy atom. The van der Waals surface area contributed by atoms with Crippen molar-refractivity contribution >= 4 is 12.0 Å². The van der Waals surface area contributed by atoms with Gasteiger partial charge in [-0.2, -0.15) is 0 Å². The smallest absolute Gasteiger partial charge is 0.303 e. The summed E-state index contributed by atoms with van der Waals surface area (Å²) in [6.45, 7) is 4.00. The fraction of sp³-hybridized carbons (Fsp3) is 0.607. The van der Waals surface area contributed by atoms with Crippen LogP contribution in [0.1, 0.15) is 102 Å². The van der Waals surface area contributed by atoms with Gasteiger partial charge in [-0.25, -0.2) is 0 Å². The molecule has 3 nitrogen and oxygen atoms in total. The van der Waals surface area contributed by atoms with E-state index >= 15 is 0 Å². The molecule has 0 aliphatic carbocycles. The number of unbranched alkanes of at least 4 members (excludes halogenated alkanes) is 9. The lowest BCUT2D eigenvalue weighted by Gasteiger charge is -2.12. The summed E-state index contributed by atoms with van der Waals surface area (Å²) in [5.74, 6) is -0.216. The number of esters is 1. The Morgan fingerprint density at radius 1 is 0.935 bits per heavy atom. The molecule has 0 spiro atoms. The van der Waals surface area contributed by atoms with Crippen LogP contribution in [0.25, 0.3) is 6.08 Å². The van der Waals surface area contributed by atoms with Crippen molar-refractivity contribution in [3.8, 4) is 0 Å². The zero-order chi connectivity index (χ0) is 22.6. The van der Waals surface area contributed by atoms with E-state index in [2.05, 4.69) is 37.3 Å². The summed E-state index contributed by atoms with van der Waals surface area (Å²) >= 11 is 0. The zero-order valence-electron chi connectivity index (χ0n) is 19.9. The number of hydrogen-bond donors (Lipinski definition) is 1. The van der Waals surface area contributed by atoms with Crippen molar-refractivity contribution in [3.05, 3.63) is 53.6 Å². The van der Waals surface area contributed by atoms with E-state index in [1.165, 1.54) is 63.0 Å². The Kier molecular flexibility index (Phi) is 16.5. The van der Waals surface area contributed by atoms with Gasteiger partial charge in [-0.05, 0) is 49.3 Å². The summed E-state index contributed by atoms with van der Waals surface area (Å²) in [5.41, 5.74) is 2.56. The first-order valence-corrected chi connectivity index (χ1v) is 12.4. The van der Waals surface area contributed by atoms with Crippen molar-refractivity contribution in [1.82, 2.24) is 0 Å². The van der Waals surface area contributed by atoms with Crippen molar-refractivity contribution in [3.63, 3.8) is 0 Å². The highest BCUT2D eigenvalue weighted by Crippen LogP contribution is 2.16. The Balaban J connectivity index is 2.45. The van der Waals surface area contributed by atoms with E-state index in [1.54, 1.807) is 0 Å². The highest BCUT2D eigenvalue weighted by molar-refractivity contribution is 5.66. The highest BCUT2D eigenvalue weighted by Gasteiger charge is 2.07. The molecule has 1 atom stereocenters. The maximum atomic E-state index is 11.4. The molecule has 0 saturated carbocycles. The first-order valence-electron chi connectivity index (χ1n) is 12.4. The van der Waals surface area contributed by atoms with Crippen LogP contribution >= 0.6 is 0 Å². The number of rotatable bonds is 18. The average Bonchev–Trinajstić information content (AvgIpc) is 2.76. The van der Waals surface area contributed by atoms with Gasteiger partial charge in [0.1, 0.15) is 6.10 Å². The van der Waals surface area contributed by atoms with Crippen LogP contribution in [0.2, 0.25) is 0 Å². The number of carbonyl (C=O) groups excluding carboxylic acids is 1. The maximum Gasteiger partial charge on any atom is 0.303 e. The van der Waals surface area contributed by atoms with Crippen molar-refractivity contribution in [2.24, 2.45) is 0 Å². The number of aryl methyl sites for hydroxylation is 1. The summed E-state index contributed by atoms with van der Waals surface area (Å²) in [7, 11) is 0. The van der Waals surface area contributed by atoms with E-state index < -0.39 is 0 Å². The number of ether oxygens (including phenoxy) is 1. The van der Waals surface area contributed by atoms with Crippen LogP contribution < -0.4 is 0 Å². The van der Waals surface area contributed by atoms with E-state index in [9.17, 15) is 4.79 Å². The largest absolute Gasteiger partial charge is 0.458 e. The van der Waals surface area contributed by atoms with Crippen LogP contribution in [0.15, 0.2) is 42.5 Å². The quantitative estimate of drug-likeness (QED) is 0.150. The molecule has 0 radical (unpaired) electrons. The van der Waals surface area contributed by atoms with Gasteiger partial charge >= 0.3 is 5.97 Å². The SMILES string of the molecule is CCCCCCCCCCC(/C=C/C=C/c1ccccc1CCCCCO)OC(C)=O. The number of aliphatic hydroxyl groups is 1. The molecule has 1 aromatic carbocycles. The molecule has 0 aliphatic heterocycles. The van der Waals surface area contributed by atoms with E-state index in [1.807, 2.05) is 18.2 Å². The lowest BCUT2D eigenvalue weighted by molar-refractivity contribution is -0.144. The molecule has 1 rings (SSSR count). The molecule has 31 heavy (non-hydrogen) atoms. The van der Waals surface area contributed by atoms with Gasteiger partial charge < -0.3 is 9.84 Å². The van der Waals surface area contributed by atoms with Gasteiger partial charge in [0.05, 0.1) is 0 Å². The molecular formula is C28H44O3. The second kappa shape index (κ2) is 18.9. The predicted molar refractivity (Wildman–Crippen MR) is 132 cm³/mol. The molecule has 174 valence electrons. The van der Waals surface area contributed by atoms with Crippen LogP contribution in [0, 0.1) is 0 Å². The minimum absolute atomic E-state index is 0.143. The lowest BCUT2D eigenvalue weighted by atomic mass is 10.0. The molecule has 1 N–H and O–H groups in total. The molecule has 0 fully saturated rings. The summed E-state index contributed by atoms with van der Waals surface area (Å²) in [5, 5.41) is 8.93. The summed E-state index contributed by atoms with van der Waals surface area (Å²) in [4.78, 5) is 11.4. The molecule has 3 heteroatoms. The molecule has 0 saturated heterocycles. The lowest BCUT2D eigenvalue weighted by Crippen LogP contribution is -2.13. The number of benzene rings is 1. The minimum atomic E-state index is -0.216. The Hall–Kier alpha value is -1.87. The van der Waals surface area contributed by atoms with Crippen molar-refractivity contribution < 1.29 is 14.6 Å². The number of allylic oxidation sites excluding steroid dienone is 2. The molecule has 0 aliphatic rings. The topological polar surface area (TPSA) is 46.5 Å². The van der Waals surface area contributed by atoms with E-state index in [0.29, 0.717) is 0 Å². The van der Waals surface area contributed by atoms with E-state index in [0.717, 1.165) is 38.5 Å². The fourth-order valence-corrected chi connectivity index (χ4v) is 3.76. The van der Waals surface area contributed by atoms with Crippen molar-refractivity contribution in [2.45, 2.75) is 103 Å². The average molecular weight is 429 g/mol. The molecule has 0 aromatic heterocycles. The van der Waals surface area contributed by atoms with Crippen LogP contribution in [-0.2, 0) is 16.0 Å². The molecular weight excluding hydrogens is 384 g/mol. The van der Waals surface area contributed by atoms with Gasteiger partial charge in [0, 0.05) is 13.5 Å². The van der Waals surface area contributed by atoms with Gasteiger partial charge in [-0.3, -0.25) is 4.79 Å². The van der Waals surface area contributed by atoms with Gasteiger partial charge in [0.2, 0.25) is 0 Å². The van der Waals surface area contributed by atoms with E-state index in [4.69, 9.17) is 9.84 Å². The minimum Gasteiger partial charge on any atom is -0.458 e. The molecule has 0 amide bonds. The Morgan fingerprint density at radius 2 is 1.61 bits per heavy atom. The molecule has 0 bridgehead atoms. The zero-order valence-corrected chi connectivity index (χ0v) is 19.9. The second-order valence-electron chi connectivity index (χ2n) is 8.39. The van der Waals surface area contributed by atoms with Gasteiger partial charge in [-0.1, -0.05) is 101 Å². The van der Waals surface area contributed by atoms with Crippen LogP contribution in [0.4, 0.5) is 0 Å². The number of carbonyl (C=O) groups is 1. The Labute approximate surface area is 190 Å². The third kappa shape index (κ3) is 14.7. The summed E-state index contributed by atoms with van der Waals surface area (Å²) in [6.07, 6.45) is 23.2. The van der Waals surface area contributed by atoms with Crippen LogP contribution in [0.5, 0.6) is 0 Å². The number of aliphatic hydroxyl groups excluding tert-OH is 1. The summed E-state index contributed by atoms with van der Waals surface area (Å²) in [6, 6.07) is 8.45. The molecule has 0 heterocycles. The predicted octanol–water partition coefficient (Wildman–Crippen LogP) is 7.42. The van der Waals surface area contributed by atoms with Gasteiger partial charge in [-0.15, -0.1) is 0 Å². The van der Waals surface area contributed by atoms with Gasteiger partial charge in [0.25, 0.3) is 0 Å². The van der Waals surface area contributed by atoms with Crippen LogP contribution in [0.3, 0.4) is 0 Å². The van der Waals surface area contributed by atoms with Crippen molar-refractivity contribution in [1.29, 1.82) is 0 Å². The van der Waals surface area contributed by atoms with Crippen LogP contribution in [-0.4, -0.2) is 23.8 Å². The third-order valence-electron chi connectivity index (χ3n) is 5.53. The highest BCUT2D eigenvalue weighted by atomic mass is 16.5. The Bertz CT molecular complexity index is 633. The van der Waals surface area contributed by atoms with E-state index in [-0.39, 0.29) is 18.7 Å². The third-order valence-corrected chi connectivity index (χ3v) is 5.53. The van der Waals surface area contributed by atoms with Crippen molar-refractivity contribution in [2.75, 3.05) is 6.61 Å². The second-order valence-corrected chi connectivity index (χ2v) is 8.39. The normalized spacial score (nSPS) is 12.6. The standard InChI is InChI=1S/C28H44O3/c1-3-4-5-6-7-8-9-12-22-28(31-25(2)30)23-16-15-21-27-20-14-13-19-26(27)18-11-10-17-24-29/h13-16,19-21,23,28-29H,3-12,17-18,22,24H2,1-2H3/b21-15+,23-16+. The molecule has 1 unspecified atom stereocenters.